The smallest absolute Gasteiger partial charge is 0.225 e. The van der Waals surface area contributed by atoms with Crippen molar-refractivity contribution in [2.45, 2.75) is 31.7 Å². The molecule has 1 atom stereocenters. The zero-order chi connectivity index (χ0) is 12.5. The molecule has 0 aromatic carbocycles. The summed E-state index contributed by atoms with van der Waals surface area (Å²) in [4.78, 5) is 14.1. The number of aromatic nitrogens is 2. The van der Waals surface area contributed by atoms with Crippen LogP contribution in [0.2, 0.25) is 0 Å². The molecule has 1 aromatic heterocycles. The predicted octanol–water partition coefficient (Wildman–Crippen LogP) is 1.33. The summed E-state index contributed by atoms with van der Waals surface area (Å²) in [5, 5.41) is 13.0. The lowest BCUT2D eigenvalue weighted by molar-refractivity contribution is -0.137. The Morgan fingerprint density at radius 1 is 1.44 bits per heavy atom. The first-order chi connectivity index (χ1) is 8.78. The summed E-state index contributed by atoms with van der Waals surface area (Å²) >= 11 is 0. The lowest BCUT2D eigenvalue weighted by atomic mass is 9.84. The number of hydrogen-bond acceptors (Lipinski definition) is 3. The maximum atomic E-state index is 12.1. The second-order valence-electron chi connectivity index (χ2n) is 5.18. The van der Waals surface area contributed by atoms with Crippen molar-refractivity contribution in [1.29, 1.82) is 5.26 Å². The van der Waals surface area contributed by atoms with Crippen molar-refractivity contribution < 1.29 is 4.79 Å². The number of nitriles is 1. The van der Waals surface area contributed by atoms with Crippen LogP contribution in [0.15, 0.2) is 12.4 Å². The van der Waals surface area contributed by atoms with Gasteiger partial charge < -0.3 is 4.90 Å². The Bertz CT molecular complexity index is 497. The van der Waals surface area contributed by atoms with Gasteiger partial charge in [0, 0.05) is 25.2 Å². The summed E-state index contributed by atoms with van der Waals surface area (Å²) < 4.78 is 1.83. The molecule has 0 spiro atoms. The molecule has 1 aliphatic carbocycles. The minimum atomic E-state index is 0.233. The molecule has 5 nitrogen and oxygen atoms in total. The van der Waals surface area contributed by atoms with Gasteiger partial charge in [0.05, 0.1) is 17.8 Å². The highest BCUT2D eigenvalue weighted by Crippen LogP contribution is 2.31. The summed E-state index contributed by atoms with van der Waals surface area (Å²) in [6.07, 6.45) is 7.59. The summed E-state index contributed by atoms with van der Waals surface area (Å²) in [7, 11) is 0. The average molecular weight is 244 g/mol. The molecule has 2 heterocycles. The molecule has 94 valence electrons. The number of carbonyl (C=O) groups is 1. The van der Waals surface area contributed by atoms with Crippen molar-refractivity contribution in [3.63, 3.8) is 0 Å². The molecule has 0 bridgehead atoms. The van der Waals surface area contributed by atoms with Gasteiger partial charge in [0.2, 0.25) is 5.91 Å². The monoisotopic (exact) mass is 244 g/mol. The van der Waals surface area contributed by atoms with Gasteiger partial charge in [-0.05, 0) is 19.3 Å². The van der Waals surface area contributed by atoms with E-state index in [2.05, 4.69) is 11.2 Å². The minimum Gasteiger partial charge on any atom is -0.340 e. The van der Waals surface area contributed by atoms with Crippen LogP contribution in [0.1, 0.15) is 37.3 Å². The molecule has 2 fully saturated rings. The predicted molar refractivity (Wildman–Crippen MR) is 64.5 cm³/mol. The molecule has 0 radical (unpaired) electrons. The van der Waals surface area contributed by atoms with Crippen LogP contribution >= 0.6 is 0 Å². The van der Waals surface area contributed by atoms with E-state index in [0.29, 0.717) is 11.5 Å². The molecular weight excluding hydrogens is 228 g/mol. The second-order valence-corrected chi connectivity index (χ2v) is 5.18. The van der Waals surface area contributed by atoms with Crippen LogP contribution < -0.4 is 0 Å². The van der Waals surface area contributed by atoms with Crippen molar-refractivity contribution in [3.8, 4) is 6.07 Å². The van der Waals surface area contributed by atoms with Gasteiger partial charge in [-0.3, -0.25) is 9.48 Å². The average Bonchev–Trinajstić information content (AvgIpc) is 2.95. The fourth-order valence-corrected chi connectivity index (χ4v) is 2.67. The Morgan fingerprint density at radius 2 is 2.28 bits per heavy atom. The van der Waals surface area contributed by atoms with Crippen LogP contribution in [0.25, 0.3) is 0 Å². The van der Waals surface area contributed by atoms with Crippen molar-refractivity contribution in [3.05, 3.63) is 18.0 Å². The van der Waals surface area contributed by atoms with Gasteiger partial charge in [-0.1, -0.05) is 6.42 Å². The fraction of sp³-hybridized carbons (Fsp3) is 0.615. The van der Waals surface area contributed by atoms with Gasteiger partial charge >= 0.3 is 0 Å². The number of hydrogen-bond donors (Lipinski definition) is 0. The van der Waals surface area contributed by atoms with E-state index in [0.717, 1.165) is 32.4 Å². The number of nitrogens with zero attached hydrogens (tertiary/aromatic N) is 4. The zero-order valence-corrected chi connectivity index (χ0v) is 10.2. The standard InChI is InChI=1S/C13H16N4O/c14-6-10-7-15-17(8-10)12-4-5-16(9-12)13(18)11-2-1-3-11/h7-8,11-12H,1-5,9H2. The first-order valence-corrected chi connectivity index (χ1v) is 6.51. The van der Waals surface area contributed by atoms with Gasteiger partial charge in [-0.25, -0.2) is 0 Å². The van der Waals surface area contributed by atoms with Crippen LogP contribution in [0.4, 0.5) is 0 Å². The van der Waals surface area contributed by atoms with Crippen LogP contribution in [0.3, 0.4) is 0 Å². The second kappa shape index (κ2) is 4.45. The quantitative estimate of drug-likeness (QED) is 0.788. The van der Waals surface area contributed by atoms with Crippen molar-refractivity contribution >= 4 is 5.91 Å². The van der Waals surface area contributed by atoms with E-state index in [9.17, 15) is 4.79 Å². The largest absolute Gasteiger partial charge is 0.340 e. The third-order valence-corrected chi connectivity index (χ3v) is 4.03. The van der Waals surface area contributed by atoms with Crippen molar-refractivity contribution in [2.24, 2.45) is 5.92 Å². The molecule has 1 amide bonds. The van der Waals surface area contributed by atoms with Gasteiger partial charge in [0.25, 0.3) is 0 Å². The Kier molecular flexibility index (Phi) is 2.78. The highest BCUT2D eigenvalue weighted by atomic mass is 16.2. The van der Waals surface area contributed by atoms with Crippen LogP contribution in [-0.4, -0.2) is 33.7 Å². The number of amides is 1. The molecule has 2 aliphatic rings. The molecule has 5 heteroatoms. The molecule has 1 saturated heterocycles. The molecule has 0 N–H and O–H groups in total. The lowest BCUT2D eigenvalue weighted by Gasteiger charge is -2.29. The van der Waals surface area contributed by atoms with Crippen LogP contribution in [-0.2, 0) is 4.79 Å². The summed E-state index contributed by atoms with van der Waals surface area (Å²) in [6, 6.07) is 2.31. The molecule has 3 rings (SSSR count). The first kappa shape index (κ1) is 11.3. The topological polar surface area (TPSA) is 61.9 Å². The highest BCUT2D eigenvalue weighted by molar-refractivity contribution is 5.79. The number of rotatable bonds is 2. The summed E-state index contributed by atoms with van der Waals surface area (Å²) in [5.74, 6) is 0.590. The number of likely N-dealkylation sites (tertiary alicyclic amines) is 1. The third-order valence-electron chi connectivity index (χ3n) is 4.03. The molecular formula is C13H16N4O. The third kappa shape index (κ3) is 1.88. The van der Waals surface area contributed by atoms with Crippen LogP contribution in [0, 0.1) is 17.2 Å². The normalized spacial score (nSPS) is 23.7. The van der Waals surface area contributed by atoms with Gasteiger partial charge in [-0.2, -0.15) is 10.4 Å². The zero-order valence-electron chi connectivity index (χ0n) is 10.2. The van der Waals surface area contributed by atoms with Gasteiger partial charge in [-0.15, -0.1) is 0 Å². The van der Waals surface area contributed by atoms with E-state index >= 15 is 0 Å². The Balaban J connectivity index is 1.64. The maximum Gasteiger partial charge on any atom is 0.225 e. The highest BCUT2D eigenvalue weighted by Gasteiger charge is 2.34. The SMILES string of the molecule is N#Cc1cnn(C2CCN(C(=O)C3CCC3)C2)c1. The molecule has 18 heavy (non-hydrogen) atoms. The van der Waals surface area contributed by atoms with Gasteiger partial charge in [0.1, 0.15) is 6.07 Å². The maximum absolute atomic E-state index is 12.1. The molecule has 1 aromatic rings. The number of carbonyl (C=O) groups excluding carboxylic acids is 1. The van der Waals surface area contributed by atoms with E-state index in [1.807, 2.05) is 9.58 Å². The van der Waals surface area contributed by atoms with E-state index in [1.54, 1.807) is 12.4 Å². The van der Waals surface area contributed by atoms with Gasteiger partial charge in [0.15, 0.2) is 0 Å². The molecule has 1 saturated carbocycles. The fourth-order valence-electron chi connectivity index (χ4n) is 2.67. The van der Waals surface area contributed by atoms with Crippen molar-refractivity contribution in [1.82, 2.24) is 14.7 Å². The van der Waals surface area contributed by atoms with Crippen molar-refractivity contribution in [2.75, 3.05) is 13.1 Å². The minimum absolute atomic E-state index is 0.233. The summed E-state index contributed by atoms with van der Waals surface area (Å²) in [6.45, 7) is 1.56. The van der Waals surface area contributed by atoms with Crippen LogP contribution in [0.5, 0.6) is 0 Å². The van der Waals surface area contributed by atoms with E-state index in [4.69, 9.17) is 5.26 Å². The molecule has 1 unspecified atom stereocenters. The Morgan fingerprint density at radius 3 is 2.89 bits per heavy atom. The molecule has 1 aliphatic heterocycles. The van der Waals surface area contributed by atoms with E-state index in [-0.39, 0.29) is 12.0 Å². The Labute approximate surface area is 106 Å². The van der Waals surface area contributed by atoms with E-state index in [1.165, 1.54) is 6.42 Å². The van der Waals surface area contributed by atoms with E-state index < -0.39 is 0 Å². The lowest BCUT2D eigenvalue weighted by Crippen LogP contribution is -2.37. The first-order valence-electron chi connectivity index (χ1n) is 6.51. The Hall–Kier alpha value is -1.83. The summed E-state index contributed by atoms with van der Waals surface area (Å²) in [5.41, 5.74) is 0.582.